The molecule has 2 rings (SSSR count). The molecule has 0 aliphatic rings. The Hall–Kier alpha value is -2.09. The van der Waals surface area contributed by atoms with Gasteiger partial charge in [-0.15, -0.1) is 0 Å². The van der Waals surface area contributed by atoms with Gasteiger partial charge >= 0.3 is 5.97 Å². The number of carbonyl (C=O) groups is 1. The van der Waals surface area contributed by atoms with E-state index in [1.54, 1.807) is 12.1 Å². The number of hydrogen-bond donors (Lipinski definition) is 1. The van der Waals surface area contributed by atoms with Crippen LogP contribution in [0, 0.1) is 17.4 Å². The van der Waals surface area contributed by atoms with Crippen molar-refractivity contribution in [3.05, 3.63) is 62.7 Å². The molecule has 0 aromatic heterocycles. The Bertz CT molecular complexity index is 707. The summed E-state index contributed by atoms with van der Waals surface area (Å²) in [7, 11) is 0. The molecule has 0 spiro atoms. The molecule has 120 valence electrons. The molecule has 0 atom stereocenters. The highest BCUT2D eigenvalue weighted by molar-refractivity contribution is 14.1. The number of nitrogens with two attached hydrogens (primary N) is 1. The number of benzene rings is 2. The van der Waals surface area contributed by atoms with E-state index in [1.165, 1.54) is 0 Å². The van der Waals surface area contributed by atoms with Gasteiger partial charge in [0.15, 0.2) is 12.4 Å². The van der Waals surface area contributed by atoms with Crippen LogP contribution in [0.4, 0.5) is 0 Å². The van der Waals surface area contributed by atoms with Gasteiger partial charge in [-0.2, -0.15) is 0 Å². The van der Waals surface area contributed by atoms with E-state index >= 15 is 0 Å². The Labute approximate surface area is 148 Å². The minimum absolute atomic E-state index is 0.140. The predicted molar refractivity (Wildman–Crippen MR) is 97.4 cm³/mol. The molecular weight excluding hydrogens is 407 g/mol. The van der Waals surface area contributed by atoms with Crippen molar-refractivity contribution in [1.82, 2.24) is 0 Å². The van der Waals surface area contributed by atoms with Crippen LogP contribution in [0.25, 0.3) is 0 Å². The Morgan fingerprint density at radius 2 is 1.74 bits per heavy atom. The summed E-state index contributed by atoms with van der Waals surface area (Å²) in [5.74, 6) is 0.146. The van der Waals surface area contributed by atoms with Gasteiger partial charge in [0, 0.05) is 9.13 Å². The standard InChI is InChI=1S/C17H17IN2O3/c1-11-7-12(2)9-15(8-11)22-10-16(21)23-20-17(19)13-3-5-14(18)6-4-13/h3-9H,10H2,1-2H3,(H2,19,20). The number of rotatable bonds is 5. The molecule has 6 heteroatoms. The maximum absolute atomic E-state index is 11.7. The summed E-state index contributed by atoms with van der Waals surface area (Å²) in [5.41, 5.74) is 8.59. The molecule has 5 nitrogen and oxygen atoms in total. The normalized spacial score (nSPS) is 11.2. The topological polar surface area (TPSA) is 73.9 Å². The van der Waals surface area contributed by atoms with Crippen LogP contribution < -0.4 is 10.5 Å². The second-order valence-electron chi connectivity index (χ2n) is 5.06. The van der Waals surface area contributed by atoms with Crippen molar-refractivity contribution in [2.45, 2.75) is 13.8 Å². The van der Waals surface area contributed by atoms with Crippen LogP contribution >= 0.6 is 22.6 Å². The molecule has 0 unspecified atom stereocenters. The lowest BCUT2D eigenvalue weighted by atomic mass is 10.1. The number of amidine groups is 1. The van der Waals surface area contributed by atoms with Gasteiger partial charge in [-0.3, -0.25) is 0 Å². The fourth-order valence-corrected chi connectivity index (χ4v) is 2.32. The van der Waals surface area contributed by atoms with Gasteiger partial charge in [-0.25, -0.2) is 4.79 Å². The zero-order chi connectivity index (χ0) is 16.8. The van der Waals surface area contributed by atoms with Gasteiger partial charge in [0.25, 0.3) is 0 Å². The summed E-state index contributed by atoms with van der Waals surface area (Å²) in [4.78, 5) is 16.4. The van der Waals surface area contributed by atoms with E-state index in [0.717, 1.165) is 14.7 Å². The third-order valence-electron chi connectivity index (χ3n) is 2.94. The van der Waals surface area contributed by atoms with E-state index in [-0.39, 0.29) is 12.4 Å². The van der Waals surface area contributed by atoms with Crippen LogP contribution in [-0.4, -0.2) is 18.4 Å². The fourth-order valence-electron chi connectivity index (χ4n) is 1.96. The molecular formula is C17H17IN2O3. The van der Waals surface area contributed by atoms with Gasteiger partial charge in [-0.05, 0) is 71.8 Å². The first kappa shape index (κ1) is 17.3. The smallest absolute Gasteiger partial charge is 0.372 e. The Morgan fingerprint density at radius 1 is 1.13 bits per heavy atom. The van der Waals surface area contributed by atoms with Crippen LogP contribution in [0.5, 0.6) is 5.75 Å². The lowest BCUT2D eigenvalue weighted by Crippen LogP contribution is -2.18. The number of nitrogens with zero attached hydrogens (tertiary/aromatic N) is 1. The Morgan fingerprint density at radius 3 is 2.35 bits per heavy atom. The van der Waals surface area contributed by atoms with Crippen molar-refractivity contribution in [3.8, 4) is 5.75 Å². The molecule has 0 heterocycles. The van der Waals surface area contributed by atoms with Crippen molar-refractivity contribution in [2.75, 3.05) is 6.61 Å². The zero-order valence-electron chi connectivity index (χ0n) is 12.9. The van der Waals surface area contributed by atoms with E-state index in [0.29, 0.717) is 11.3 Å². The van der Waals surface area contributed by atoms with Crippen LogP contribution in [0.3, 0.4) is 0 Å². The van der Waals surface area contributed by atoms with E-state index in [2.05, 4.69) is 27.7 Å². The second-order valence-corrected chi connectivity index (χ2v) is 6.30. The van der Waals surface area contributed by atoms with Crippen molar-refractivity contribution >= 4 is 34.4 Å². The summed E-state index contributed by atoms with van der Waals surface area (Å²) in [6.07, 6.45) is 0. The molecule has 0 amide bonds. The molecule has 0 radical (unpaired) electrons. The van der Waals surface area contributed by atoms with Gasteiger partial charge in [0.1, 0.15) is 5.75 Å². The van der Waals surface area contributed by atoms with Gasteiger partial charge in [0.05, 0.1) is 0 Å². The van der Waals surface area contributed by atoms with Gasteiger partial charge in [0.2, 0.25) is 0 Å². The Kier molecular flexibility index (Phi) is 5.97. The minimum atomic E-state index is -0.613. The van der Waals surface area contributed by atoms with Gasteiger partial charge in [-0.1, -0.05) is 23.4 Å². The number of halogens is 1. The lowest BCUT2D eigenvalue weighted by molar-refractivity contribution is -0.146. The van der Waals surface area contributed by atoms with Crippen molar-refractivity contribution in [1.29, 1.82) is 0 Å². The summed E-state index contributed by atoms with van der Waals surface area (Å²) in [6.45, 7) is 3.70. The third-order valence-corrected chi connectivity index (χ3v) is 3.66. The van der Waals surface area contributed by atoms with E-state index < -0.39 is 5.97 Å². The van der Waals surface area contributed by atoms with Crippen LogP contribution in [0.2, 0.25) is 0 Å². The van der Waals surface area contributed by atoms with Crippen molar-refractivity contribution in [2.24, 2.45) is 10.9 Å². The Balaban J connectivity index is 1.89. The summed E-state index contributed by atoms with van der Waals surface area (Å²) in [6, 6.07) is 13.1. The molecule has 2 N–H and O–H groups in total. The number of hydrogen-bond acceptors (Lipinski definition) is 4. The molecule has 2 aromatic carbocycles. The van der Waals surface area contributed by atoms with Crippen molar-refractivity contribution in [3.63, 3.8) is 0 Å². The maximum atomic E-state index is 11.7. The third kappa shape index (κ3) is 5.55. The zero-order valence-corrected chi connectivity index (χ0v) is 15.0. The fraction of sp³-hybridized carbons (Fsp3) is 0.176. The molecule has 23 heavy (non-hydrogen) atoms. The van der Waals surface area contributed by atoms with E-state index in [4.69, 9.17) is 15.3 Å². The lowest BCUT2D eigenvalue weighted by Gasteiger charge is -2.06. The number of carbonyl (C=O) groups excluding carboxylic acids is 1. The minimum Gasteiger partial charge on any atom is -0.482 e. The molecule has 0 saturated heterocycles. The second kappa shape index (κ2) is 7.96. The first-order chi connectivity index (χ1) is 10.9. The first-order valence-electron chi connectivity index (χ1n) is 6.94. The van der Waals surface area contributed by atoms with Crippen molar-refractivity contribution < 1.29 is 14.4 Å². The highest BCUT2D eigenvalue weighted by atomic mass is 127. The first-order valence-corrected chi connectivity index (χ1v) is 8.02. The quantitative estimate of drug-likeness (QED) is 0.263. The SMILES string of the molecule is Cc1cc(C)cc(OCC(=O)O/N=C(\N)c2ccc(I)cc2)c1. The van der Waals surface area contributed by atoms with Gasteiger partial charge < -0.3 is 15.3 Å². The summed E-state index contributed by atoms with van der Waals surface area (Å²) < 4.78 is 6.48. The number of ether oxygens (including phenoxy) is 1. The van der Waals surface area contributed by atoms with E-state index in [1.807, 2.05) is 44.2 Å². The molecule has 0 saturated carbocycles. The molecule has 0 aliphatic heterocycles. The monoisotopic (exact) mass is 424 g/mol. The van der Waals surface area contributed by atoms with Crippen LogP contribution in [0.15, 0.2) is 47.6 Å². The van der Waals surface area contributed by atoms with Crippen LogP contribution in [0.1, 0.15) is 16.7 Å². The molecule has 2 aromatic rings. The molecule has 0 aliphatic carbocycles. The largest absolute Gasteiger partial charge is 0.482 e. The van der Waals surface area contributed by atoms with E-state index in [9.17, 15) is 4.79 Å². The van der Waals surface area contributed by atoms with Crippen LogP contribution in [-0.2, 0) is 9.63 Å². The molecule has 0 bridgehead atoms. The number of aryl methyl sites for hydroxylation is 2. The highest BCUT2D eigenvalue weighted by Gasteiger charge is 2.06. The average molecular weight is 424 g/mol. The molecule has 0 fully saturated rings. The maximum Gasteiger partial charge on any atom is 0.372 e. The predicted octanol–water partition coefficient (Wildman–Crippen LogP) is 3.15. The average Bonchev–Trinajstić information content (AvgIpc) is 2.50. The number of oxime groups is 1. The summed E-state index contributed by atoms with van der Waals surface area (Å²) >= 11 is 2.19. The summed E-state index contributed by atoms with van der Waals surface area (Å²) in [5, 5.41) is 3.63. The highest BCUT2D eigenvalue weighted by Crippen LogP contribution is 2.16.